The minimum absolute atomic E-state index is 0.635. The van der Waals surface area contributed by atoms with Crippen molar-refractivity contribution >= 4 is 54.1 Å². The van der Waals surface area contributed by atoms with E-state index in [1.165, 1.54) is 38.2 Å². The highest BCUT2D eigenvalue weighted by Gasteiger charge is 2.20. The predicted octanol–water partition coefficient (Wildman–Crippen LogP) is 13.1. The van der Waals surface area contributed by atoms with E-state index < -0.39 is 0 Å². The summed E-state index contributed by atoms with van der Waals surface area (Å²) in [5, 5.41) is 9.28. The second kappa shape index (κ2) is 12.6. The Labute approximate surface area is 317 Å². The third kappa shape index (κ3) is 5.19. The number of para-hydroxylation sites is 2. The van der Waals surface area contributed by atoms with E-state index in [-0.39, 0.29) is 0 Å². The van der Waals surface area contributed by atoms with Crippen LogP contribution >= 0.6 is 0 Å². The van der Waals surface area contributed by atoms with Crippen LogP contribution in [-0.2, 0) is 0 Å². The second-order valence-electron chi connectivity index (χ2n) is 14.0. The largest absolute Gasteiger partial charge is 0.308 e. The van der Waals surface area contributed by atoms with Gasteiger partial charge in [0.05, 0.1) is 16.7 Å². The number of hydrogen-bond donors (Lipinski definition) is 0. The molecule has 0 N–H and O–H groups in total. The number of fused-ring (bicyclic) bond motifs is 6. The van der Waals surface area contributed by atoms with E-state index in [0.29, 0.717) is 17.5 Å². The minimum Gasteiger partial charge on any atom is -0.308 e. The second-order valence-corrected chi connectivity index (χ2v) is 14.0. The molecule has 0 amide bonds. The molecule has 11 aromatic rings. The highest BCUT2D eigenvalue weighted by molar-refractivity contribution is 6.15. The first-order valence-corrected chi connectivity index (χ1v) is 18.6. The van der Waals surface area contributed by atoms with Gasteiger partial charge >= 0.3 is 0 Å². The number of hydrogen-bond acceptors (Lipinski definition) is 3. The predicted molar refractivity (Wildman–Crippen MR) is 228 cm³/mol. The maximum Gasteiger partial charge on any atom is 0.164 e. The van der Waals surface area contributed by atoms with Crippen molar-refractivity contribution in [1.82, 2.24) is 19.5 Å². The molecule has 4 nitrogen and oxygen atoms in total. The van der Waals surface area contributed by atoms with Crippen LogP contribution in [0.1, 0.15) is 0 Å². The first-order valence-electron chi connectivity index (χ1n) is 18.6. The van der Waals surface area contributed by atoms with Gasteiger partial charge in [-0.2, -0.15) is 0 Å². The summed E-state index contributed by atoms with van der Waals surface area (Å²) in [4.78, 5) is 15.6. The summed E-state index contributed by atoms with van der Waals surface area (Å²) in [5.74, 6) is 1.92. The van der Waals surface area contributed by atoms with Gasteiger partial charge in [0.1, 0.15) is 0 Å². The summed E-state index contributed by atoms with van der Waals surface area (Å²) in [6, 6.07) is 68.7. The molecular formula is C51H32N4. The first kappa shape index (κ1) is 31.1. The van der Waals surface area contributed by atoms with Crippen LogP contribution in [0.5, 0.6) is 0 Å². The molecule has 0 atom stereocenters. The average molecular weight is 701 g/mol. The van der Waals surface area contributed by atoms with Gasteiger partial charge in [0.25, 0.3) is 0 Å². The van der Waals surface area contributed by atoms with Gasteiger partial charge in [-0.25, -0.2) is 15.0 Å². The number of rotatable bonds is 5. The van der Waals surface area contributed by atoms with Gasteiger partial charge in [-0.05, 0) is 62.8 Å². The van der Waals surface area contributed by atoms with E-state index in [1.807, 2.05) is 0 Å². The van der Waals surface area contributed by atoms with Crippen LogP contribution in [0.15, 0.2) is 194 Å². The Kier molecular flexibility index (Phi) is 7.14. The Balaban J connectivity index is 1.16. The molecule has 0 bridgehead atoms. The lowest BCUT2D eigenvalue weighted by molar-refractivity contribution is 1.08. The van der Waals surface area contributed by atoms with Gasteiger partial charge in [-0.3, -0.25) is 0 Å². The maximum absolute atomic E-state index is 5.24. The monoisotopic (exact) mass is 700 g/mol. The Bertz CT molecular complexity index is 3170. The molecule has 0 aliphatic rings. The molecule has 0 unspecified atom stereocenters. The third-order valence-electron chi connectivity index (χ3n) is 10.8. The van der Waals surface area contributed by atoms with Crippen molar-refractivity contribution < 1.29 is 0 Å². The average Bonchev–Trinajstić information content (AvgIpc) is 3.60. The Hall–Kier alpha value is -7.43. The van der Waals surface area contributed by atoms with Crippen molar-refractivity contribution in [3.63, 3.8) is 0 Å². The highest BCUT2D eigenvalue weighted by Crippen LogP contribution is 2.41. The van der Waals surface area contributed by atoms with Crippen molar-refractivity contribution in [3.8, 4) is 51.0 Å². The molecule has 0 spiro atoms. The normalized spacial score (nSPS) is 11.6. The summed E-state index contributed by atoms with van der Waals surface area (Å²) >= 11 is 0. The zero-order valence-electron chi connectivity index (χ0n) is 29.8. The topological polar surface area (TPSA) is 43.6 Å². The van der Waals surface area contributed by atoms with Crippen molar-refractivity contribution in [1.29, 1.82) is 0 Å². The van der Waals surface area contributed by atoms with E-state index in [9.17, 15) is 0 Å². The quantitative estimate of drug-likeness (QED) is 0.179. The van der Waals surface area contributed by atoms with E-state index in [1.54, 1.807) is 0 Å². The molecule has 9 aromatic carbocycles. The van der Waals surface area contributed by atoms with Gasteiger partial charge in [-0.1, -0.05) is 164 Å². The number of benzene rings is 9. The smallest absolute Gasteiger partial charge is 0.164 e. The molecule has 0 saturated heterocycles. The molecule has 0 fully saturated rings. The van der Waals surface area contributed by atoms with Crippen LogP contribution in [0.3, 0.4) is 0 Å². The summed E-state index contributed by atoms with van der Waals surface area (Å²) < 4.78 is 2.44. The summed E-state index contributed by atoms with van der Waals surface area (Å²) in [6.45, 7) is 0. The van der Waals surface area contributed by atoms with E-state index in [2.05, 4.69) is 199 Å². The van der Waals surface area contributed by atoms with E-state index in [0.717, 1.165) is 49.4 Å². The van der Waals surface area contributed by atoms with Crippen molar-refractivity contribution in [2.75, 3.05) is 0 Å². The number of nitrogens with zero attached hydrogens (tertiary/aromatic N) is 4. The van der Waals surface area contributed by atoms with E-state index >= 15 is 0 Å². The van der Waals surface area contributed by atoms with Gasteiger partial charge in [-0.15, -0.1) is 0 Å². The third-order valence-corrected chi connectivity index (χ3v) is 10.8. The van der Waals surface area contributed by atoms with Crippen LogP contribution in [0, 0.1) is 0 Å². The maximum atomic E-state index is 5.24. The minimum atomic E-state index is 0.635. The van der Waals surface area contributed by atoms with Gasteiger partial charge < -0.3 is 4.57 Å². The van der Waals surface area contributed by atoms with Crippen LogP contribution in [0.2, 0.25) is 0 Å². The molecule has 11 rings (SSSR count). The molecule has 0 aliphatic heterocycles. The summed E-state index contributed by atoms with van der Waals surface area (Å²) in [6.07, 6.45) is 0. The standard InChI is InChI=1S/C51H32N4/c1-2-15-35(16-3-1)40-22-12-23-44-43-21-10-11-24-46(43)55(48(40)44)47-30-29-45(41-19-8-9-20-42(41)47)51-53-49(38-27-25-33-13-4-6-17-36(33)31-38)52-50(54-51)39-28-26-34-14-5-7-18-37(34)32-39/h1-32H. The molecule has 0 aliphatic carbocycles. The summed E-state index contributed by atoms with van der Waals surface area (Å²) in [7, 11) is 0. The van der Waals surface area contributed by atoms with E-state index in [4.69, 9.17) is 15.0 Å². The number of aromatic nitrogens is 4. The molecule has 55 heavy (non-hydrogen) atoms. The lowest BCUT2D eigenvalue weighted by Crippen LogP contribution is -2.02. The van der Waals surface area contributed by atoms with Crippen LogP contribution in [0.4, 0.5) is 0 Å². The fourth-order valence-corrected chi connectivity index (χ4v) is 8.20. The molecule has 0 radical (unpaired) electrons. The molecule has 256 valence electrons. The zero-order valence-corrected chi connectivity index (χ0v) is 29.8. The molecule has 2 heterocycles. The Morgan fingerprint density at radius 3 is 1.55 bits per heavy atom. The van der Waals surface area contributed by atoms with Gasteiger partial charge in [0.2, 0.25) is 0 Å². The lowest BCUT2D eigenvalue weighted by Gasteiger charge is -2.16. The molecule has 2 aromatic heterocycles. The molecule has 4 heteroatoms. The fraction of sp³-hybridized carbons (Fsp3) is 0. The van der Waals surface area contributed by atoms with Crippen molar-refractivity contribution in [3.05, 3.63) is 194 Å². The van der Waals surface area contributed by atoms with Gasteiger partial charge in [0, 0.05) is 38.4 Å². The lowest BCUT2D eigenvalue weighted by atomic mass is 10.00. The SMILES string of the molecule is c1ccc(-c2cccc3c4ccccc4n(-c4ccc(-c5nc(-c6ccc7ccccc7c6)nc(-c6ccc7ccccc7c6)n5)c5ccccc45)c23)cc1. The molecule has 0 saturated carbocycles. The van der Waals surface area contributed by atoms with Gasteiger partial charge in [0.15, 0.2) is 17.5 Å². The molecular weight excluding hydrogens is 669 g/mol. The summed E-state index contributed by atoms with van der Waals surface area (Å²) in [5.41, 5.74) is 8.68. The van der Waals surface area contributed by atoms with Crippen LogP contribution in [-0.4, -0.2) is 19.5 Å². The first-order chi connectivity index (χ1) is 27.3. The van der Waals surface area contributed by atoms with Crippen LogP contribution < -0.4 is 0 Å². The van der Waals surface area contributed by atoms with Crippen LogP contribution in [0.25, 0.3) is 105 Å². The highest BCUT2D eigenvalue weighted by atomic mass is 15.0. The van der Waals surface area contributed by atoms with Crippen molar-refractivity contribution in [2.45, 2.75) is 0 Å². The zero-order chi connectivity index (χ0) is 36.3. The Morgan fingerprint density at radius 2 is 0.855 bits per heavy atom. The van der Waals surface area contributed by atoms with Crippen molar-refractivity contribution in [2.24, 2.45) is 0 Å². The Morgan fingerprint density at radius 1 is 0.309 bits per heavy atom. The fourth-order valence-electron chi connectivity index (χ4n) is 8.20.